The van der Waals surface area contributed by atoms with Gasteiger partial charge in [-0.3, -0.25) is 14.2 Å². The first-order valence-corrected chi connectivity index (χ1v) is 13.2. The van der Waals surface area contributed by atoms with Crippen LogP contribution in [0.15, 0.2) is 36.0 Å². The lowest BCUT2D eigenvalue weighted by Gasteiger charge is -2.17. The van der Waals surface area contributed by atoms with E-state index in [4.69, 9.17) is 26.8 Å². The molecule has 196 valence electrons. The number of esters is 1. The van der Waals surface area contributed by atoms with Crippen molar-refractivity contribution in [3.05, 3.63) is 63.3 Å². The normalized spacial score (nSPS) is 11.6. The smallest absolute Gasteiger partial charge is 0.341 e. The molecule has 2 heterocycles. The van der Waals surface area contributed by atoms with Crippen LogP contribution in [0, 0.1) is 13.8 Å². The number of nitrogens with two attached hydrogens (primary N) is 1. The maximum absolute atomic E-state index is 12.7. The molecule has 1 atom stereocenters. The summed E-state index contributed by atoms with van der Waals surface area (Å²) in [4.78, 5) is 36.9. The third kappa shape index (κ3) is 6.51. The van der Waals surface area contributed by atoms with E-state index in [1.165, 1.54) is 7.11 Å². The zero-order chi connectivity index (χ0) is 27.3. The maximum atomic E-state index is 12.7. The number of thioether (sulfide) groups is 1. The van der Waals surface area contributed by atoms with E-state index in [0.29, 0.717) is 33.9 Å². The summed E-state index contributed by atoms with van der Waals surface area (Å²) in [5.41, 5.74) is 6.74. The van der Waals surface area contributed by atoms with Crippen molar-refractivity contribution in [1.29, 1.82) is 0 Å². The molecule has 3 N–H and O–H groups in total. The number of hydrogen-bond donors (Lipinski definition) is 2. The first-order valence-electron chi connectivity index (χ1n) is 11.0. The number of anilines is 1. The Kier molecular flexibility index (Phi) is 9.35. The molecule has 0 spiro atoms. The first-order chi connectivity index (χ1) is 17.6. The van der Waals surface area contributed by atoms with Crippen LogP contribution in [0.1, 0.15) is 50.0 Å². The van der Waals surface area contributed by atoms with Gasteiger partial charge in [0.15, 0.2) is 17.1 Å². The predicted octanol–water partition coefficient (Wildman–Crippen LogP) is 4.55. The third-order valence-electron chi connectivity index (χ3n) is 5.21. The molecule has 0 radical (unpaired) electrons. The molecule has 0 bridgehead atoms. The number of nitrogens with zero attached hydrogens (tertiary/aromatic N) is 3. The number of carbonyl (C=O) groups excluding carboxylic acids is 3. The number of allylic oxidation sites excluding steroid dienone is 1. The number of halogens is 1. The van der Waals surface area contributed by atoms with Crippen molar-refractivity contribution in [2.24, 2.45) is 5.73 Å². The lowest BCUT2D eigenvalue weighted by molar-refractivity contribution is -0.113. The Morgan fingerprint density at radius 3 is 2.68 bits per heavy atom. The molecule has 10 nitrogen and oxygen atoms in total. The van der Waals surface area contributed by atoms with Crippen molar-refractivity contribution in [2.45, 2.75) is 38.6 Å². The summed E-state index contributed by atoms with van der Waals surface area (Å²) in [6.07, 6.45) is 1.25. The van der Waals surface area contributed by atoms with Crippen LogP contribution in [0.2, 0.25) is 5.02 Å². The van der Waals surface area contributed by atoms with E-state index in [2.05, 4.69) is 22.1 Å². The lowest BCUT2D eigenvalue weighted by Crippen LogP contribution is -2.17. The fourth-order valence-corrected chi connectivity index (χ4v) is 5.52. The largest absolute Gasteiger partial charge is 0.482 e. The van der Waals surface area contributed by atoms with E-state index in [9.17, 15) is 14.4 Å². The van der Waals surface area contributed by atoms with Gasteiger partial charge in [-0.1, -0.05) is 29.4 Å². The number of ether oxygens (including phenoxy) is 2. The molecular weight excluding hydrogens is 538 g/mol. The minimum atomic E-state index is -0.697. The minimum Gasteiger partial charge on any atom is -0.482 e. The van der Waals surface area contributed by atoms with Gasteiger partial charge in [-0.25, -0.2) is 4.79 Å². The number of benzene rings is 1. The van der Waals surface area contributed by atoms with E-state index in [1.807, 2.05) is 19.9 Å². The first kappa shape index (κ1) is 28.2. The molecular formula is C24H26ClN5O5S2. The highest BCUT2D eigenvalue weighted by atomic mass is 35.5. The zero-order valence-electron chi connectivity index (χ0n) is 20.7. The highest BCUT2D eigenvalue weighted by Crippen LogP contribution is 2.34. The number of rotatable bonds is 11. The van der Waals surface area contributed by atoms with Gasteiger partial charge in [0.05, 0.1) is 23.3 Å². The van der Waals surface area contributed by atoms with Crippen LogP contribution in [0.4, 0.5) is 5.00 Å². The number of amides is 2. The second kappa shape index (κ2) is 12.3. The third-order valence-corrected chi connectivity index (χ3v) is 7.63. The summed E-state index contributed by atoms with van der Waals surface area (Å²) >= 11 is 8.11. The number of primary amides is 1. The maximum Gasteiger partial charge on any atom is 0.341 e. The van der Waals surface area contributed by atoms with Gasteiger partial charge in [-0.15, -0.1) is 28.1 Å². The van der Waals surface area contributed by atoms with Crippen molar-refractivity contribution >= 4 is 57.5 Å². The van der Waals surface area contributed by atoms with E-state index < -0.39 is 23.9 Å². The second-order valence-corrected chi connectivity index (χ2v) is 10.3. The van der Waals surface area contributed by atoms with Crippen molar-refractivity contribution in [2.75, 3.05) is 18.2 Å². The number of thiophene rings is 1. The van der Waals surface area contributed by atoms with Crippen LogP contribution in [0.5, 0.6) is 5.75 Å². The number of aromatic nitrogens is 3. The average Bonchev–Trinajstić information content (AvgIpc) is 3.39. The highest BCUT2D eigenvalue weighted by Gasteiger charge is 2.26. The van der Waals surface area contributed by atoms with E-state index in [0.717, 1.165) is 28.7 Å². The van der Waals surface area contributed by atoms with E-state index >= 15 is 0 Å². The van der Waals surface area contributed by atoms with Gasteiger partial charge in [0.25, 0.3) is 5.91 Å². The number of methoxy groups -OCH3 is 1. The molecule has 0 fully saturated rings. The SMILES string of the molecule is C=CCn1c(SCC(=O)Nc2sc(C(N)=O)c(C)c2C(=O)OC)nnc1C(C)Oc1ccc(Cl)cc1C. The Hall–Kier alpha value is -3.35. The van der Waals surface area contributed by atoms with Crippen LogP contribution in [0.25, 0.3) is 0 Å². The molecule has 2 aromatic heterocycles. The van der Waals surface area contributed by atoms with Crippen LogP contribution >= 0.6 is 34.7 Å². The standard InChI is InChI=1S/C24H26ClN5O5S2/c1-6-9-30-21(14(4)35-16-8-7-15(25)10-12(16)2)28-29-24(30)36-11-17(31)27-22-18(23(33)34-5)13(3)19(37-22)20(26)32/h6-8,10,14H,1,9,11H2,2-5H3,(H2,26,32)(H,27,31). The fraction of sp³-hybridized carbons (Fsp3) is 0.292. The molecule has 1 aromatic carbocycles. The molecule has 2 amide bonds. The summed E-state index contributed by atoms with van der Waals surface area (Å²) in [6.45, 7) is 9.51. The van der Waals surface area contributed by atoms with Gasteiger partial charge >= 0.3 is 5.97 Å². The van der Waals surface area contributed by atoms with Crippen molar-refractivity contribution < 1.29 is 23.9 Å². The number of hydrogen-bond acceptors (Lipinski definition) is 9. The van der Waals surface area contributed by atoms with Crippen molar-refractivity contribution in [3.63, 3.8) is 0 Å². The van der Waals surface area contributed by atoms with E-state index in [-0.39, 0.29) is 21.2 Å². The van der Waals surface area contributed by atoms with Crippen LogP contribution < -0.4 is 15.8 Å². The number of aryl methyl sites for hydroxylation is 1. The monoisotopic (exact) mass is 563 g/mol. The predicted molar refractivity (Wildman–Crippen MR) is 144 cm³/mol. The molecule has 0 saturated heterocycles. The molecule has 13 heteroatoms. The fourth-order valence-electron chi connectivity index (χ4n) is 3.47. The summed E-state index contributed by atoms with van der Waals surface area (Å²) in [5.74, 6) is -0.596. The molecule has 0 aliphatic heterocycles. The zero-order valence-corrected chi connectivity index (χ0v) is 23.1. The van der Waals surface area contributed by atoms with Crippen LogP contribution in [-0.2, 0) is 16.1 Å². The topological polar surface area (TPSA) is 138 Å². The molecule has 37 heavy (non-hydrogen) atoms. The highest BCUT2D eigenvalue weighted by molar-refractivity contribution is 7.99. The molecule has 3 rings (SSSR count). The summed E-state index contributed by atoms with van der Waals surface area (Å²) < 4.78 is 12.7. The Labute approximate surface area is 227 Å². The van der Waals surface area contributed by atoms with Crippen molar-refractivity contribution in [1.82, 2.24) is 14.8 Å². The van der Waals surface area contributed by atoms with Crippen molar-refractivity contribution in [3.8, 4) is 5.75 Å². The Bertz CT molecular complexity index is 1350. The lowest BCUT2D eigenvalue weighted by atomic mass is 10.1. The van der Waals surface area contributed by atoms with Gasteiger partial charge < -0.3 is 20.5 Å². The average molecular weight is 564 g/mol. The second-order valence-electron chi connectivity index (χ2n) is 7.86. The van der Waals surface area contributed by atoms with Gasteiger partial charge in [0.1, 0.15) is 10.8 Å². The van der Waals surface area contributed by atoms with Crippen LogP contribution in [0.3, 0.4) is 0 Å². The molecule has 0 aliphatic carbocycles. The van der Waals surface area contributed by atoms with E-state index in [1.54, 1.807) is 29.7 Å². The summed E-state index contributed by atoms with van der Waals surface area (Å²) in [7, 11) is 1.22. The Morgan fingerprint density at radius 2 is 2.05 bits per heavy atom. The number of nitrogens with one attached hydrogen (secondary N) is 1. The van der Waals surface area contributed by atoms with Gasteiger partial charge in [0.2, 0.25) is 5.91 Å². The number of carbonyl (C=O) groups is 3. The minimum absolute atomic E-state index is 0.0374. The molecule has 3 aromatic rings. The summed E-state index contributed by atoms with van der Waals surface area (Å²) in [6, 6.07) is 5.35. The van der Waals surface area contributed by atoms with Gasteiger partial charge in [-0.05, 0) is 50.1 Å². The quantitative estimate of drug-likeness (QED) is 0.197. The molecule has 1 unspecified atom stereocenters. The van der Waals surface area contributed by atoms with Gasteiger partial charge in [-0.2, -0.15) is 0 Å². The Morgan fingerprint density at radius 1 is 1.32 bits per heavy atom. The Balaban J connectivity index is 1.75. The van der Waals surface area contributed by atoms with Gasteiger partial charge in [0, 0.05) is 11.6 Å². The molecule has 0 saturated carbocycles. The van der Waals surface area contributed by atoms with Crippen LogP contribution in [-0.4, -0.2) is 45.4 Å². The molecule has 0 aliphatic rings. The summed E-state index contributed by atoms with van der Waals surface area (Å²) in [5, 5.41) is 12.5.